The van der Waals surface area contributed by atoms with E-state index >= 15 is 0 Å². The number of thiazole rings is 1. The standard InChI is InChI=1S/C18H20ClN5O4S/c1-9-22-15-14(13(27-3)8-26-2)12(7-21-17(15)29-9)24-18(25)23-10-5-11(19)16(28-4)20-6-10/h5-7,13H,8H2,1-4H3,(H2,23,24,25). The summed E-state index contributed by atoms with van der Waals surface area (Å²) < 4.78 is 15.8. The number of aromatic nitrogens is 3. The molecule has 3 rings (SSSR count). The zero-order chi connectivity index (χ0) is 21.0. The SMILES string of the molecule is COCC(OC)c1c(NC(=O)Nc2cnc(OC)c(Cl)c2)cnc2sc(C)nc12. The van der Waals surface area contributed by atoms with Crippen LogP contribution in [-0.2, 0) is 9.47 Å². The number of anilines is 2. The van der Waals surface area contributed by atoms with Crippen LogP contribution in [0.15, 0.2) is 18.5 Å². The van der Waals surface area contributed by atoms with Crippen molar-refractivity contribution in [3.05, 3.63) is 34.1 Å². The summed E-state index contributed by atoms with van der Waals surface area (Å²) in [6, 6.07) is 1.05. The number of amides is 2. The number of rotatable bonds is 7. The second kappa shape index (κ2) is 9.31. The molecule has 154 valence electrons. The Bertz CT molecular complexity index is 1030. The van der Waals surface area contributed by atoms with Gasteiger partial charge in [0.05, 0.1) is 42.5 Å². The van der Waals surface area contributed by atoms with Gasteiger partial charge in [0.2, 0.25) is 5.88 Å². The molecule has 2 amide bonds. The number of urea groups is 1. The lowest BCUT2D eigenvalue weighted by Gasteiger charge is -2.19. The monoisotopic (exact) mass is 437 g/mol. The van der Waals surface area contributed by atoms with Crippen LogP contribution in [0.5, 0.6) is 5.88 Å². The minimum absolute atomic E-state index is 0.274. The highest BCUT2D eigenvalue weighted by molar-refractivity contribution is 7.18. The Labute approximate surface area is 176 Å². The number of carbonyl (C=O) groups is 1. The van der Waals surface area contributed by atoms with Gasteiger partial charge in [-0.3, -0.25) is 0 Å². The highest BCUT2D eigenvalue weighted by Gasteiger charge is 2.23. The van der Waals surface area contributed by atoms with Gasteiger partial charge in [-0.1, -0.05) is 22.9 Å². The van der Waals surface area contributed by atoms with Gasteiger partial charge in [-0.2, -0.15) is 0 Å². The summed E-state index contributed by atoms with van der Waals surface area (Å²) in [4.78, 5) is 26.3. The molecule has 2 N–H and O–H groups in total. The molecule has 9 nitrogen and oxygen atoms in total. The summed E-state index contributed by atoms with van der Waals surface area (Å²) in [5, 5.41) is 6.62. The normalized spacial score (nSPS) is 12.0. The molecule has 0 radical (unpaired) electrons. The van der Waals surface area contributed by atoms with Crippen molar-refractivity contribution < 1.29 is 19.0 Å². The van der Waals surface area contributed by atoms with Crippen LogP contribution in [0.1, 0.15) is 16.7 Å². The van der Waals surface area contributed by atoms with Gasteiger partial charge in [-0.25, -0.2) is 19.7 Å². The number of fused-ring (bicyclic) bond motifs is 1. The van der Waals surface area contributed by atoms with Crippen molar-refractivity contribution in [2.24, 2.45) is 0 Å². The van der Waals surface area contributed by atoms with E-state index in [0.29, 0.717) is 29.1 Å². The molecule has 0 aliphatic heterocycles. The third-order valence-corrected chi connectivity index (χ3v) is 5.15. The van der Waals surface area contributed by atoms with Crippen molar-refractivity contribution in [3.63, 3.8) is 0 Å². The first-order chi connectivity index (χ1) is 14.0. The van der Waals surface area contributed by atoms with Crippen LogP contribution in [0.2, 0.25) is 5.02 Å². The fraction of sp³-hybridized carbons (Fsp3) is 0.333. The van der Waals surface area contributed by atoms with Crippen molar-refractivity contribution in [1.29, 1.82) is 0 Å². The minimum atomic E-state index is -0.491. The summed E-state index contributed by atoms with van der Waals surface area (Å²) in [7, 11) is 4.62. The number of hydrogen-bond donors (Lipinski definition) is 2. The molecule has 1 unspecified atom stereocenters. The number of pyridine rings is 2. The summed E-state index contributed by atoms with van der Waals surface area (Å²) >= 11 is 7.52. The van der Waals surface area contributed by atoms with Crippen molar-refractivity contribution >= 4 is 50.7 Å². The Morgan fingerprint density at radius 1 is 1.24 bits per heavy atom. The highest BCUT2D eigenvalue weighted by Crippen LogP contribution is 2.34. The van der Waals surface area contributed by atoms with Crippen molar-refractivity contribution in [3.8, 4) is 5.88 Å². The fourth-order valence-electron chi connectivity index (χ4n) is 2.77. The molecule has 0 bridgehead atoms. The van der Waals surface area contributed by atoms with Gasteiger partial charge in [0.1, 0.15) is 21.5 Å². The molecule has 3 aromatic heterocycles. The Hall–Kier alpha value is -2.53. The minimum Gasteiger partial charge on any atom is -0.480 e. The van der Waals surface area contributed by atoms with Crippen LogP contribution in [0.25, 0.3) is 10.3 Å². The molecule has 0 aliphatic carbocycles. The topological polar surface area (TPSA) is 107 Å². The van der Waals surface area contributed by atoms with E-state index in [9.17, 15) is 4.79 Å². The molecular weight excluding hydrogens is 418 g/mol. The molecule has 11 heteroatoms. The number of ether oxygens (including phenoxy) is 3. The third kappa shape index (κ3) is 4.73. The smallest absolute Gasteiger partial charge is 0.323 e. The number of carbonyl (C=O) groups excluding carboxylic acids is 1. The van der Waals surface area contributed by atoms with E-state index < -0.39 is 12.1 Å². The molecule has 3 aromatic rings. The van der Waals surface area contributed by atoms with Gasteiger partial charge in [0, 0.05) is 19.8 Å². The second-order valence-electron chi connectivity index (χ2n) is 5.95. The summed E-state index contributed by atoms with van der Waals surface area (Å²) in [6.07, 6.45) is 2.59. The molecule has 0 saturated heterocycles. The van der Waals surface area contributed by atoms with Crippen LogP contribution in [0.3, 0.4) is 0 Å². The number of nitrogens with one attached hydrogen (secondary N) is 2. The number of aryl methyl sites for hydroxylation is 1. The fourth-order valence-corrected chi connectivity index (χ4v) is 3.79. The summed E-state index contributed by atoms with van der Waals surface area (Å²) in [5.74, 6) is 0.274. The van der Waals surface area contributed by atoms with E-state index in [-0.39, 0.29) is 10.9 Å². The lowest BCUT2D eigenvalue weighted by Crippen LogP contribution is -2.22. The highest BCUT2D eigenvalue weighted by atomic mass is 35.5. The molecule has 0 saturated carbocycles. The van der Waals surface area contributed by atoms with Crippen molar-refractivity contribution in [2.45, 2.75) is 13.0 Å². The van der Waals surface area contributed by atoms with Crippen LogP contribution in [-0.4, -0.2) is 48.9 Å². The number of hydrogen-bond acceptors (Lipinski definition) is 8. The van der Waals surface area contributed by atoms with Gasteiger partial charge in [0.15, 0.2) is 0 Å². The Balaban J connectivity index is 1.90. The largest absolute Gasteiger partial charge is 0.480 e. The molecule has 0 aliphatic rings. The van der Waals surface area contributed by atoms with Crippen LogP contribution < -0.4 is 15.4 Å². The Kier molecular flexibility index (Phi) is 6.80. The van der Waals surface area contributed by atoms with E-state index in [4.69, 9.17) is 25.8 Å². The first kappa shape index (κ1) is 21.2. The van der Waals surface area contributed by atoms with Crippen molar-refractivity contribution in [2.75, 3.05) is 38.6 Å². The Morgan fingerprint density at radius 3 is 2.69 bits per heavy atom. The molecule has 3 heterocycles. The van der Waals surface area contributed by atoms with Crippen molar-refractivity contribution in [1.82, 2.24) is 15.0 Å². The van der Waals surface area contributed by atoms with Gasteiger partial charge < -0.3 is 24.8 Å². The van der Waals surface area contributed by atoms with E-state index in [1.54, 1.807) is 26.5 Å². The molecule has 0 spiro atoms. The van der Waals surface area contributed by atoms with E-state index in [2.05, 4.69) is 25.6 Å². The quantitative estimate of drug-likeness (QED) is 0.574. The van der Waals surface area contributed by atoms with Gasteiger partial charge in [-0.05, 0) is 13.0 Å². The van der Waals surface area contributed by atoms with Crippen LogP contribution in [0.4, 0.5) is 16.2 Å². The second-order valence-corrected chi connectivity index (χ2v) is 7.53. The maximum Gasteiger partial charge on any atom is 0.323 e. The van der Waals surface area contributed by atoms with Crippen LogP contribution >= 0.6 is 22.9 Å². The lowest BCUT2D eigenvalue weighted by atomic mass is 10.1. The zero-order valence-corrected chi connectivity index (χ0v) is 17.8. The molecule has 0 fully saturated rings. The average Bonchev–Trinajstić information content (AvgIpc) is 3.07. The lowest BCUT2D eigenvalue weighted by molar-refractivity contribution is 0.0286. The van der Waals surface area contributed by atoms with Gasteiger partial charge >= 0.3 is 6.03 Å². The number of halogens is 1. The number of methoxy groups -OCH3 is 3. The predicted octanol–water partition coefficient (Wildman–Crippen LogP) is 4.03. The zero-order valence-electron chi connectivity index (χ0n) is 16.3. The van der Waals surface area contributed by atoms with E-state index in [1.807, 2.05) is 6.92 Å². The maximum atomic E-state index is 12.6. The predicted molar refractivity (Wildman–Crippen MR) is 112 cm³/mol. The summed E-state index contributed by atoms with van der Waals surface area (Å²) in [6.45, 7) is 2.19. The number of nitrogens with zero attached hydrogens (tertiary/aromatic N) is 3. The first-order valence-electron chi connectivity index (χ1n) is 8.52. The van der Waals surface area contributed by atoms with Gasteiger partial charge in [-0.15, -0.1) is 0 Å². The van der Waals surface area contributed by atoms with Crippen LogP contribution in [0, 0.1) is 6.92 Å². The van der Waals surface area contributed by atoms with E-state index in [1.165, 1.54) is 24.6 Å². The molecule has 29 heavy (non-hydrogen) atoms. The van der Waals surface area contributed by atoms with Gasteiger partial charge in [0.25, 0.3) is 0 Å². The molecule has 0 aromatic carbocycles. The third-order valence-electron chi connectivity index (χ3n) is 4.00. The van der Waals surface area contributed by atoms with E-state index in [0.717, 1.165) is 9.84 Å². The summed E-state index contributed by atoms with van der Waals surface area (Å²) in [5.41, 5.74) is 2.25. The Morgan fingerprint density at radius 2 is 2.03 bits per heavy atom. The first-order valence-corrected chi connectivity index (χ1v) is 9.71. The maximum absolute atomic E-state index is 12.6. The average molecular weight is 438 g/mol. The molecular formula is C18H20ClN5O4S. The molecule has 1 atom stereocenters.